The minimum atomic E-state index is 0.644. The Morgan fingerprint density at radius 2 is 1.50 bits per heavy atom. The Kier molecular flexibility index (Phi) is 4.49. The highest BCUT2D eigenvalue weighted by molar-refractivity contribution is 4.99. The van der Waals surface area contributed by atoms with Crippen molar-refractivity contribution in [1.29, 1.82) is 0 Å². The van der Waals surface area contributed by atoms with E-state index in [0.717, 1.165) is 29.6 Å². The lowest BCUT2D eigenvalue weighted by Gasteiger charge is -2.28. The van der Waals surface area contributed by atoms with E-state index < -0.39 is 0 Å². The molecule has 0 heteroatoms. The maximum absolute atomic E-state index is 2.48. The van der Waals surface area contributed by atoms with Crippen LogP contribution in [0.25, 0.3) is 0 Å². The van der Waals surface area contributed by atoms with Gasteiger partial charge in [0.05, 0.1) is 0 Å². The first-order chi connectivity index (χ1) is 7.25. The summed E-state index contributed by atoms with van der Waals surface area (Å²) in [5, 5.41) is 0. The van der Waals surface area contributed by atoms with Crippen LogP contribution >= 0.6 is 0 Å². The Balaban J connectivity index is 2.35. The summed E-state index contributed by atoms with van der Waals surface area (Å²) in [6, 6.07) is 0. The molecule has 0 nitrogen and oxygen atoms in total. The summed E-state index contributed by atoms with van der Waals surface area (Å²) < 4.78 is 0. The molecule has 0 bridgehead atoms. The Bertz CT molecular complexity index is 214. The van der Waals surface area contributed by atoms with Gasteiger partial charge in [-0.2, -0.15) is 0 Å². The highest BCUT2D eigenvalue weighted by Crippen LogP contribution is 2.58. The fourth-order valence-corrected chi connectivity index (χ4v) is 3.15. The van der Waals surface area contributed by atoms with Crippen molar-refractivity contribution in [3.05, 3.63) is 0 Å². The van der Waals surface area contributed by atoms with Gasteiger partial charge in [0.25, 0.3) is 0 Å². The van der Waals surface area contributed by atoms with E-state index in [0.29, 0.717) is 5.41 Å². The summed E-state index contributed by atoms with van der Waals surface area (Å²) >= 11 is 0. The molecule has 0 N–H and O–H groups in total. The van der Waals surface area contributed by atoms with Crippen LogP contribution in [0.15, 0.2) is 0 Å². The predicted octanol–water partition coefficient (Wildman–Crippen LogP) is 5.38. The molecule has 0 heterocycles. The third-order valence-corrected chi connectivity index (χ3v) is 5.15. The van der Waals surface area contributed by atoms with E-state index in [2.05, 4.69) is 48.5 Å². The molecule has 0 radical (unpaired) electrons. The molecule has 0 spiro atoms. The molecule has 0 aliphatic heterocycles. The van der Waals surface area contributed by atoms with Gasteiger partial charge < -0.3 is 0 Å². The molecule has 0 aromatic carbocycles. The zero-order valence-electron chi connectivity index (χ0n) is 12.5. The highest BCUT2D eigenvalue weighted by Gasteiger charge is 2.49. The van der Waals surface area contributed by atoms with Crippen molar-refractivity contribution >= 4 is 0 Å². The molecule has 4 atom stereocenters. The molecule has 1 saturated carbocycles. The lowest BCUT2D eigenvalue weighted by molar-refractivity contribution is 0.217. The SMILES string of the molecule is CC(C)CCC(C)C(C)C(C)C1CC1(C)C. The van der Waals surface area contributed by atoms with E-state index >= 15 is 0 Å². The lowest BCUT2D eigenvalue weighted by atomic mass is 9.78. The van der Waals surface area contributed by atoms with Crippen LogP contribution in [-0.2, 0) is 0 Å². The second-order valence-electron chi connectivity index (χ2n) is 7.47. The molecule has 96 valence electrons. The van der Waals surface area contributed by atoms with Crippen molar-refractivity contribution in [2.45, 2.75) is 67.7 Å². The van der Waals surface area contributed by atoms with Gasteiger partial charge in [-0.3, -0.25) is 0 Å². The molecule has 1 aliphatic rings. The van der Waals surface area contributed by atoms with Crippen LogP contribution < -0.4 is 0 Å². The Morgan fingerprint density at radius 3 is 1.88 bits per heavy atom. The van der Waals surface area contributed by atoms with Gasteiger partial charge in [-0.15, -0.1) is 0 Å². The zero-order valence-corrected chi connectivity index (χ0v) is 12.5. The Hall–Kier alpha value is 0. The maximum atomic E-state index is 2.48. The summed E-state index contributed by atoms with van der Waals surface area (Å²) in [6.45, 7) is 17.0. The molecular formula is C16H32. The first kappa shape index (κ1) is 14.1. The summed E-state index contributed by atoms with van der Waals surface area (Å²) in [4.78, 5) is 0. The number of rotatable bonds is 6. The van der Waals surface area contributed by atoms with Crippen LogP contribution in [0.1, 0.15) is 67.7 Å². The van der Waals surface area contributed by atoms with E-state index in [-0.39, 0.29) is 0 Å². The predicted molar refractivity (Wildman–Crippen MR) is 73.5 cm³/mol. The van der Waals surface area contributed by atoms with E-state index in [9.17, 15) is 0 Å². The molecule has 1 fully saturated rings. The third-order valence-electron chi connectivity index (χ3n) is 5.15. The van der Waals surface area contributed by atoms with Crippen molar-refractivity contribution in [3.8, 4) is 0 Å². The molecule has 4 unspecified atom stereocenters. The van der Waals surface area contributed by atoms with Gasteiger partial charge in [0.2, 0.25) is 0 Å². The molecule has 0 amide bonds. The zero-order chi connectivity index (χ0) is 12.5. The fourth-order valence-electron chi connectivity index (χ4n) is 3.15. The van der Waals surface area contributed by atoms with Gasteiger partial charge in [-0.05, 0) is 41.4 Å². The molecule has 16 heavy (non-hydrogen) atoms. The quantitative estimate of drug-likeness (QED) is 0.568. The largest absolute Gasteiger partial charge is 0.0628 e. The van der Waals surface area contributed by atoms with E-state index in [1.807, 2.05) is 0 Å². The standard InChI is InChI=1S/C16H32/c1-11(2)8-9-12(3)13(4)14(5)15-10-16(15,6)7/h11-15H,8-10H2,1-7H3. The van der Waals surface area contributed by atoms with Crippen molar-refractivity contribution in [3.63, 3.8) is 0 Å². The van der Waals surface area contributed by atoms with E-state index in [1.165, 1.54) is 19.3 Å². The molecule has 0 aromatic heterocycles. The average Bonchev–Trinajstić information content (AvgIpc) is 2.81. The van der Waals surface area contributed by atoms with Gasteiger partial charge in [-0.1, -0.05) is 61.3 Å². The fraction of sp³-hybridized carbons (Fsp3) is 1.00. The summed E-state index contributed by atoms with van der Waals surface area (Å²) in [5.74, 6) is 4.56. The molecule has 1 rings (SSSR count). The maximum Gasteiger partial charge on any atom is -0.0320 e. The monoisotopic (exact) mass is 224 g/mol. The van der Waals surface area contributed by atoms with E-state index in [4.69, 9.17) is 0 Å². The topological polar surface area (TPSA) is 0 Å². The first-order valence-electron chi connectivity index (χ1n) is 7.25. The van der Waals surface area contributed by atoms with Crippen molar-refractivity contribution in [2.24, 2.45) is 35.0 Å². The first-order valence-corrected chi connectivity index (χ1v) is 7.25. The van der Waals surface area contributed by atoms with Crippen molar-refractivity contribution in [1.82, 2.24) is 0 Å². The van der Waals surface area contributed by atoms with Gasteiger partial charge in [-0.25, -0.2) is 0 Å². The van der Waals surface area contributed by atoms with Gasteiger partial charge >= 0.3 is 0 Å². The summed E-state index contributed by atoms with van der Waals surface area (Å²) in [6.07, 6.45) is 4.26. The number of hydrogen-bond donors (Lipinski definition) is 0. The molecular weight excluding hydrogens is 192 g/mol. The second kappa shape index (κ2) is 5.10. The van der Waals surface area contributed by atoms with E-state index in [1.54, 1.807) is 0 Å². The average molecular weight is 224 g/mol. The lowest BCUT2D eigenvalue weighted by Crippen LogP contribution is -2.20. The second-order valence-corrected chi connectivity index (χ2v) is 7.47. The van der Waals surface area contributed by atoms with Gasteiger partial charge in [0.15, 0.2) is 0 Å². The van der Waals surface area contributed by atoms with Crippen LogP contribution in [-0.4, -0.2) is 0 Å². The normalized spacial score (nSPS) is 28.9. The Morgan fingerprint density at radius 1 is 1.00 bits per heavy atom. The van der Waals surface area contributed by atoms with Gasteiger partial charge in [0.1, 0.15) is 0 Å². The van der Waals surface area contributed by atoms with Crippen molar-refractivity contribution < 1.29 is 0 Å². The smallest absolute Gasteiger partial charge is 0.0320 e. The van der Waals surface area contributed by atoms with Crippen LogP contribution in [0.4, 0.5) is 0 Å². The highest BCUT2D eigenvalue weighted by atomic mass is 14.5. The van der Waals surface area contributed by atoms with Crippen LogP contribution in [0.5, 0.6) is 0 Å². The molecule has 0 aromatic rings. The number of hydrogen-bond acceptors (Lipinski definition) is 0. The molecule has 0 saturated heterocycles. The molecule has 1 aliphatic carbocycles. The third kappa shape index (κ3) is 3.50. The van der Waals surface area contributed by atoms with Crippen molar-refractivity contribution in [2.75, 3.05) is 0 Å². The van der Waals surface area contributed by atoms with Crippen LogP contribution in [0.3, 0.4) is 0 Å². The van der Waals surface area contributed by atoms with Crippen LogP contribution in [0.2, 0.25) is 0 Å². The minimum Gasteiger partial charge on any atom is -0.0628 e. The summed E-state index contributed by atoms with van der Waals surface area (Å²) in [7, 11) is 0. The summed E-state index contributed by atoms with van der Waals surface area (Å²) in [5.41, 5.74) is 0.644. The Labute approximate surface area is 103 Å². The van der Waals surface area contributed by atoms with Crippen LogP contribution in [0, 0.1) is 35.0 Å². The van der Waals surface area contributed by atoms with Gasteiger partial charge in [0, 0.05) is 0 Å². The minimum absolute atomic E-state index is 0.644.